The van der Waals surface area contributed by atoms with E-state index in [1.54, 1.807) is 7.11 Å². The lowest BCUT2D eigenvalue weighted by Crippen LogP contribution is -2.58. The van der Waals surface area contributed by atoms with E-state index in [0.29, 0.717) is 24.9 Å². The molecule has 1 spiro atoms. The van der Waals surface area contributed by atoms with Crippen LogP contribution in [0.25, 0.3) is 0 Å². The largest absolute Gasteiger partial charge is 0.493 e. The van der Waals surface area contributed by atoms with Gasteiger partial charge in [-0.2, -0.15) is 0 Å². The van der Waals surface area contributed by atoms with Gasteiger partial charge in [-0.1, -0.05) is 26.8 Å². The summed E-state index contributed by atoms with van der Waals surface area (Å²) < 4.78 is 17.7. The van der Waals surface area contributed by atoms with E-state index in [4.69, 9.17) is 14.2 Å². The van der Waals surface area contributed by atoms with Gasteiger partial charge in [0.15, 0.2) is 11.5 Å². The number of benzene rings is 1. The lowest BCUT2D eigenvalue weighted by atomic mass is 9.59. The van der Waals surface area contributed by atoms with Gasteiger partial charge in [-0.3, -0.25) is 4.79 Å². The molecule has 3 aliphatic rings. The van der Waals surface area contributed by atoms with Crippen molar-refractivity contribution < 1.29 is 19.0 Å². The number of nitrogens with one attached hydrogen (secondary N) is 1. The maximum atomic E-state index is 12.6. The van der Waals surface area contributed by atoms with Gasteiger partial charge in [0, 0.05) is 19.1 Å². The van der Waals surface area contributed by atoms with Crippen LogP contribution in [0, 0.1) is 22.7 Å². The van der Waals surface area contributed by atoms with Gasteiger partial charge in [-0.25, -0.2) is 0 Å². The minimum atomic E-state index is 0.0370. The minimum Gasteiger partial charge on any atom is -0.493 e. The predicted molar refractivity (Wildman–Crippen MR) is 117 cm³/mol. The number of carbonyl (C=O) groups is 1. The second kappa shape index (κ2) is 8.07. The van der Waals surface area contributed by atoms with E-state index >= 15 is 0 Å². The molecule has 2 bridgehead atoms. The standard InChI is InChI=1S/C25H37NO4/c1-6-8-21(27)26-23-24(3,4)17-14-18-22(30-12-11-25(18,23)15-17)16-9-10-19(29-7-2)20(13-16)28-5/h9-10,13,17-18,22-23H,6-8,11-12,14-15H2,1-5H3,(H,26,27)/t17-,18-,22-,23+,25?/m1/s1. The van der Waals surface area contributed by atoms with Crippen molar-refractivity contribution in [2.45, 2.75) is 71.9 Å². The Hall–Kier alpha value is -1.75. The summed E-state index contributed by atoms with van der Waals surface area (Å²) in [7, 11) is 1.68. The molecule has 0 radical (unpaired) electrons. The zero-order valence-electron chi connectivity index (χ0n) is 19.1. The van der Waals surface area contributed by atoms with E-state index in [1.807, 2.05) is 13.0 Å². The molecular weight excluding hydrogens is 378 g/mol. The molecule has 5 heteroatoms. The Bertz CT molecular complexity index is 791. The number of carbonyl (C=O) groups excluding carboxylic acids is 1. The van der Waals surface area contributed by atoms with Crippen molar-refractivity contribution in [3.05, 3.63) is 23.8 Å². The van der Waals surface area contributed by atoms with Crippen LogP contribution >= 0.6 is 0 Å². The summed E-state index contributed by atoms with van der Waals surface area (Å²) in [5.41, 5.74) is 1.40. The van der Waals surface area contributed by atoms with E-state index in [0.717, 1.165) is 42.9 Å². The van der Waals surface area contributed by atoms with Crippen LogP contribution in [0.2, 0.25) is 0 Å². The summed E-state index contributed by atoms with van der Waals surface area (Å²) in [6.07, 6.45) is 4.91. The van der Waals surface area contributed by atoms with Crippen LogP contribution in [0.1, 0.15) is 71.5 Å². The zero-order chi connectivity index (χ0) is 21.5. The van der Waals surface area contributed by atoms with Gasteiger partial charge in [-0.15, -0.1) is 0 Å². The molecule has 1 saturated heterocycles. The molecule has 4 rings (SSSR count). The van der Waals surface area contributed by atoms with Gasteiger partial charge < -0.3 is 19.5 Å². The van der Waals surface area contributed by atoms with Crippen molar-refractivity contribution in [3.63, 3.8) is 0 Å². The lowest BCUT2D eigenvalue weighted by molar-refractivity contribution is -0.137. The van der Waals surface area contributed by atoms with Crippen LogP contribution in [-0.4, -0.2) is 32.3 Å². The molecule has 1 heterocycles. The fourth-order valence-electron chi connectivity index (χ4n) is 6.71. The molecular formula is C25H37NO4. The number of methoxy groups -OCH3 is 1. The number of ether oxygens (including phenoxy) is 3. The molecule has 2 aliphatic carbocycles. The SMILES string of the molecule is CCCC(=O)N[C@H]1C(C)(C)[C@@H]2C[C@@H]3[C@@H](c4ccc(OCC)c(OC)c4)OCCC31C2. The normalized spacial score (nSPS) is 33.8. The Balaban J connectivity index is 1.65. The summed E-state index contributed by atoms with van der Waals surface area (Å²) >= 11 is 0. The Morgan fingerprint density at radius 2 is 2.07 bits per heavy atom. The highest BCUT2D eigenvalue weighted by Crippen LogP contribution is 2.70. The second-order valence-electron chi connectivity index (χ2n) is 9.93. The first kappa shape index (κ1) is 21.5. The number of fused-ring (bicyclic) bond motifs is 1. The molecule has 1 amide bonds. The number of amides is 1. The quantitative estimate of drug-likeness (QED) is 0.689. The summed E-state index contributed by atoms with van der Waals surface area (Å²) in [5, 5.41) is 3.47. The third kappa shape index (κ3) is 3.30. The summed E-state index contributed by atoms with van der Waals surface area (Å²) in [6.45, 7) is 10.1. The third-order valence-corrected chi connectivity index (χ3v) is 8.10. The van der Waals surface area contributed by atoms with Crippen molar-refractivity contribution in [3.8, 4) is 11.5 Å². The molecule has 1 N–H and O–H groups in total. The van der Waals surface area contributed by atoms with Crippen LogP contribution in [0.4, 0.5) is 0 Å². The summed E-state index contributed by atoms with van der Waals surface area (Å²) in [6, 6.07) is 6.42. The average Bonchev–Trinajstić information content (AvgIpc) is 3.21. The summed E-state index contributed by atoms with van der Waals surface area (Å²) in [5.74, 6) is 2.76. The molecule has 3 fully saturated rings. The van der Waals surface area contributed by atoms with Crippen molar-refractivity contribution in [2.75, 3.05) is 20.3 Å². The highest BCUT2D eigenvalue weighted by molar-refractivity contribution is 5.76. The first-order chi connectivity index (χ1) is 14.4. The van der Waals surface area contributed by atoms with E-state index in [1.165, 1.54) is 6.42 Å². The maximum absolute atomic E-state index is 12.6. The van der Waals surface area contributed by atoms with Crippen LogP contribution in [-0.2, 0) is 9.53 Å². The highest BCUT2D eigenvalue weighted by Gasteiger charge is 2.68. The molecule has 1 aromatic rings. The van der Waals surface area contributed by atoms with E-state index in [9.17, 15) is 4.79 Å². The smallest absolute Gasteiger partial charge is 0.220 e. The van der Waals surface area contributed by atoms with Crippen LogP contribution < -0.4 is 14.8 Å². The number of hydrogen-bond acceptors (Lipinski definition) is 4. The fraction of sp³-hybridized carbons (Fsp3) is 0.720. The van der Waals surface area contributed by atoms with Crippen LogP contribution in [0.5, 0.6) is 11.5 Å². The Labute approximate surface area is 180 Å². The van der Waals surface area contributed by atoms with Crippen LogP contribution in [0.3, 0.4) is 0 Å². The minimum absolute atomic E-state index is 0.0370. The van der Waals surface area contributed by atoms with Crippen molar-refractivity contribution >= 4 is 5.91 Å². The molecule has 5 atom stereocenters. The Kier molecular flexibility index (Phi) is 5.78. The van der Waals surface area contributed by atoms with Gasteiger partial charge >= 0.3 is 0 Å². The van der Waals surface area contributed by atoms with Gasteiger partial charge in [0.25, 0.3) is 0 Å². The molecule has 0 aromatic heterocycles. The van der Waals surface area contributed by atoms with E-state index in [-0.39, 0.29) is 28.9 Å². The van der Waals surface area contributed by atoms with Crippen molar-refractivity contribution in [1.29, 1.82) is 0 Å². The Morgan fingerprint density at radius 1 is 1.27 bits per heavy atom. The molecule has 166 valence electrons. The van der Waals surface area contributed by atoms with Crippen molar-refractivity contribution in [1.82, 2.24) is 5.32 Å². The van der Waals surface area contributed by atoms with Gasteiger partial charge in [-0.05, 0) is 73.0 Å². The monoisotopic (exact) mass is 415 g/mol. The lowest BCUT2D eigenvalue weighted by Gasteiger charge is -2.53. The van der Waals surface area contributed by atoms with E-state index < -0.39 is 0 Å². The second-order valence-corrected chi connectivity index (χ2v) is 9.93. The molecule has 1 aromatic carbocycles. The molecule has 1 unspecified atom stereocenters. The fourth-order valence-corrected chi connectivity index (χ4v) is 6.71. The predicted octanol–water partition coefficient (Wildman–Crippen LogP) is 4.89. The van der Waals surface area contributed by atoms with Crippen LogP contribution in [0.15, 0.2) is 18.2 Å². The van der Waals surface area contributed by atoms with Gasteiger partial charge in [0.05, 0.1) is 19.8 Å². The van der Waals surface area contributed by atoms with Crippen molar-refractivity contribution in [2.24, 2.45) is 22.7 Å². The first-order valence-corrected chi connectivity index (χ1v) is 11.6. The molecule has 5 nitrogen and oxygen atoms in total. The maximum Gasteiger partial charge on any atom is 0.220 e. The molecule has 30 heavy (non-hydrogen) atoms. The molecule has 2 saturated carbocycles. The zero-order valence-corrected chi connectivity index (χ0v) is 19.1. The van der Waals surface area contributed by atoms with Gasteiger partial charge in [0.2, 0.25) is 5.91 Å². The number of hydrogen-bond donors (Lipinski definition) is 1. The Morgan fingerprint density at radius 3 is 2.77 bits per heavy atom. The van der Waals surface area contributed by atoms with Gasteiger partial charge in [0.1, 0.15) is 0 Å². The molecule has 1 aliphatic heterocycles. The topological polar surface area (TPSA) is 56.8 Å². The third-order valence-electron chi connectivity index (χ3n) is 8.10. The summed E-state index contributed by atoms with van der Waals surface area (Å²) in [4.78, 5) is 12.6. The highest BCUT2D eigenvalue weighted by atomic mass is 16.5. The first-order valence-electron chi connectivity index (χ1n) is 11.6. The number of rotatable bonds is 7. The van der Waals surface area contributed by atoms with E-state index in [2.05, 4.69) is 38.2 Å². The average molecular weight is 416 g/mol.